The smallest absolute Gasteiger partial charge is 0.162 e. The second kappa shape index (κ2) is 7.35. The van der Waals surface area contributed by atoms with E-state index in [4.69, 9.17) is 4.74 Å². The molecule has 96 valence electrons. The lowest BCUT2D eigenvalue weighted by molar-refractivity contribution is 0.182. The first-order valence-corrected chi connectivity index (χ1v) is 5.84. The second-order valence-corrected chi connectivity index (χ2v) is 3.95. The molecule has 17 heavy (non-hydrogen) atoms. The molecule has 1 aromatic rings. The number of hydrogen-bond acceptors (Lipinski definition) is 2. The minimum Gasteiger partial charge on any atom is -0.385 e. The zero-order valence-corrected chi connectivity index (χ0v) is 10.3. The van der Waals surface area contributed by atoms with E-state index in [-0.39, 0.29) is 6.04 Å². The Kier molecular flexibility index (Phi) is 6.08. The summed E-state index contributed by atoms with van der Waals surface area (Å²) in [5, 5.41) is 3.24. The highest BCUT2D eigenvalue weighted by molar-refractivity contribution is 5.20. The first-order chi connectivity index (χ1) is 8.19. The molecule has 0 aliphatic carbocycles. The van der Waals surface area contributed by atoms with Gasteiger partial charge in [-0.05, 0) is 31.0 Å². The average molecular weight is 243 g/mol. The predicted molar refractivity (Wildman–Crippen MR) is 64.0 cm³/mol. The second-order valence-electron chi connectivity index (χ2n) is 3.95. The van der Waals surface area contributed by atoms with Crippen molar-refractivity contribution in [2.45, 2.75) is 25.8 Å². The summed E-state index contributed by atoms with van der Waals surface area (Å²) in [4.78, 5) is 0. The van der Waals surface area contributed by atoms with Crippen LogP contribution in [0, 0.1) is 11.6 Å². The van der Waals surface area contributed by atoms with Gasteiger partial charge >= 0.3 is 0 Å². The van der Waals surface area contributed by atoms with Crippen LogP contribution < -0.4 is 5.32 Å². The van der Waals surface area contributed by atoms with E-state index in [0.717, 1.165) is 19.0 Å². The summed E-state index contributed by atoms with van der Waals surface area (Å²) in [6.07, 6.45) is 1.25. The maximum absolute atomic E-state index is 13.5. The Hall–Kier alpha value is -1.00. The van der Waals surface area contributed by atoms with Crippen LogP contribution in [0.25, 0.3) is 0 Å². The van der Waals surface area contributed by atoms with Crippen LogP contribution in [0.2, 0.25) is 0 Å². The lowest BCUT2D eigenvalue weighted by atomic mass is 10.0. The monoisotopic (exact) mass is 243 g/mol. The maximum Gasteiger partial charge on any atom is 0.162 e. The van der Waals surface area contributed by atoms with E-state index in [1.165, 1.54) is 6.07 Å². The number of benzene rings is 1. The van der Waals surface area contributed by atoms with E-state index >= 15 is 0 Å². The number of halogens is 2. The third kappa shape index (κ3) is 4.40. The number of nitrogens with one attached hydrogen (secondary N) is 1. The Morgan fingerprint density at radius 3 is 2.76 bits per heavy atom. The Morgan fingerprint density at radius 2 is 2.12 bits per heavy atom. The molecule has 0 fully saturated rings. The van der Waals surface area contributed by atoms with Gasteiger partial charge in [0.1, 0.15) is 0 Å². The molecular weight excluding hydrogens is 224 g/mol. The molecule has 1 N–H and O–H groups in total. The van der Waals surface area contributed by atoms with Gasteiger partial charge in [0.15, 0.2) is 11.6 Å². The van der Waals surface area contributed by atoms with Crippen molar-refractivity contribution >= 4 is 0 Å². The molecule has 0 radical (unpaired) electrons. The fraction of sp³-hybridized carbons (Fsp3) is 0.538. The molecule has 0 saturated heterocycles. The summed E-state index contributed by atoms with van der Waals surface area (Å²) in [5.74, 6) is -1.53. The molecule has 0 spiro atoms. The van der Waals surface area contributed by atoms with Gasteiger partial charge in [0, 0.05) is 19.8 Å². The first-order valence-electron chi connectivity index (χ1n) is 5.84. The molecule has 0 aromatic heterocycles. The van der Waals surface area contributed by atoms with Crippen LogP contribution in [0.4, 0.5) is 8.78 Å². The summed E-state index contributed by atoms with van der Waals surface area (Å²) < 4.78 is 31.5. The molecule has 0 amide bonds. The number of likely N-dealkylation sites (N-methyl/N-ethyl adjacent to an activating group) is 1. The minimum atomic E-state index is -0.788. The Labute approximate surface area is 101 Å². The van der Waals surface area contributed by atoms with Crippen molar-refractivity contribution in [2.75, 3.05) is 20.3 Å². The lowest BCUT2D eigenvalue weighted by Gasteiger charge is -2.17. The molecule has 2 nitrogen and oxygen atoms in total. The Bertz CT molecular complexity index is 344. The molecule has 1 rings (SSSR count). The largest absolute Gasteiger partial charge is 0.385 e. The highest BCUT2D eigenvalue weighted by Gasteiger charge is 2.13. The third-order valence-electron chi connectivity index (χ3n) is 2.66. The topological polar surface area (TPSA) is 21.3 Å². The molecule has 1 atom stereocenters. The predicted octanol–water partition coefficient (Wildman–Crippen LogP) is 2.52. The summed E-state index contributed by atoms with van der Waals surface area (Å²) in [6, 6.07) is 4.40. The summed E-state index contributed by atoms with van der Waals surface area (Å²) in [6.45, 7) is 3.39. The van der Waals surface area contributed by atoms with E-state index in [9.17, 15) is 8.78 Å². The molecule has 4 heteroatoms. The summed E-state index contributed by atoms with van der Waals surface area (Å²) in [7, 11) is 1.63. The molecule has 0 heterocycles. The molecule has 0 saturated carbocycles. The van der Waals surface area contributed by atoms with Gasteiger partial charge in [-0.15, -0.1) is 0 Å². The zero-order chi connectivity index (χ0) is 12.7. The number of ether oxygens (including phenoxy) is 1. The van der Waals surface area contributed by atoms with E-state index < -0.39 is 11.6 Å². The van der Waals surface area contributed by atoms with Gasteiger partial charge < -0.3 is 10.1 Å². The molecule has 0 aliphatic heterocycles. The Morgan fingerprint density at radius 1 is 1.35 bits per heavy atom. The van der Waals surface area contributed by atoms with Crippen LogP contribution in [0.5, 0.6) is 0 Å². The molecule has 1 unspecified atom stereocenters. The Balaban J connectivity index is 2.67. The van der Waals surface area contributed by atoms with Crippen molar-refractivity contribution in [3.05, 3.63) is 35.4 Å². The van der Waals surface area contributed by atoms with Gasteiger partial charge in [0.05, 0.1) is 0 Å². The SMILES string of the molecule is CCNC(CCOC)Cc1cccc(F)c1F. The van der Waals surface area contributed by atoms with Gasteiger partial charge in [-0.2, -0.15) is 0 Å². The van der Waals surface area contributed by atoms with E-state index in [1.54, 1.807) is 13.2 Å². The fourth-order valence-corrected chi connectivity index (χ4v) is 1.80. The molecular formula is C13H19F2NO. The molecule has 1 aromatic carbocycles. The van der Waals surface area contributed by atoms with Crippen molar-refractivity contribution in [3.8, 4) is 0 Å². The quantitative estimate of drug-likeness (QED) is 0.794. The molecule has 0 bridgehead atoms. The lowest BCUT2D eigenvalue weighted by Crippen LogP contribution is -2.32. The van der Waals surface area contributed by atoms with Gasteiger partial charge in [0.25, 0.3) is 0 Å². The maximum atomic E-state index is 13.5. The van der Waals surface area contributed by atoms with Gasteiger partial charge in [-0.3, -0.25) is 0 Å². The number of rotatable bonds is 7. The minimum absolute atomic E-state index is 0.108. The van der Waals surface area contributed by atoms with E-state index in [2.05, 4.69) is 5.32 Å². The first kappa shape index (κ1) is 14.1. The third-order valence-corrected chi connectivity index (χ3v) is 2.66. The zero-order valence-electron chi connectivity index (χ0n) is 10.3. The van der Waals surface area contributed by atoms with Gasteiger partial charge in [0.2, 0.25) is 0 Å². The van der Waals surface area contributed by atoms with E-state index in [0.29, 0.717) is 18.6 Å². The van der Waals surface area contributed by atoms with Crippen LogP contribution in [0.1, 0.15) is 18.9 Å². The van der Waals surface area contributed by atoms with Crippen LogP contribution >= 0.6 is 0 Å². The number of methoxy groups -OCH3 is 1. The van der Waals surface area contributed by atoms with Crippen molar-refractivity contribution in [2.24, 2.45) is 0 Å². The van der Waals surface area contributed by atoms with Crippen molar-refractivity contribution in [3.63, 3.8) is 0 Å². The van der Waals surface area contributed by atoms with Gasteiger partial charge in [-0.1, -0.05) is 19.1 Å². The average Bonchev–Trinajstić information content (AvgIpc) is 2.32. The normalized spacial score (nSPS) is 12.7. The van der Waals surface area contributed by atoms with Crippen LogP contribution in [-0.4, -0.2) is 26.3 Å². The van der Waals surface area contributed by atoms with Crippen molar-refractivity contribution in [1.82, 2.24) is 5.32 Å². The van der Waals surface area contributed by atoms with E-state index in [1.807, 2.05) is 6.92 Å². The van der Waals surface area contributed by atoms with Gasteiger partial charge in [-0.25, -0.2) is 8.78 Å². The van der Waals surface area contributed by atoms with Crippen LogP contribution in [-0.2, 0) is 11.2 Å². The van der Waals surface area contributed by atoms with Crippen molar-refractivity contribution in [1.29, 1.82) is 0 Å². The number of hydrogen-bond donors (Lipinski definition) is 1. The fourth-order valence-electron chi connectivity index (χ4n) is 1.80. The van der Waals surface area contributed by atoms with Crippen LogP contribution in [0.3, 0.4) is 0 Å². The summed E-state index contributed by atoms with van der Waals surface area (Å²) in [5.41, 5.74) is 0.409. The highest BCUT2D eigenvalue weighted by Crippen LogP contribution is 2.14. The highest BCUT2D eigenvalue weighted by atomic mass is 19.2. The van der Waals surface area contributed by atoms with Crippen LogP contribution in [0.15, 0.2) is 18.2 Å². The van der Waals surface area contributed by atoms with Crippen molar-refractivity contribution < 1.29 is 13.5 Å². The molecule has 0 aliphatic rings. The summed E-state index contributed by atoms with van der Waals surface area (Å²) >= 11 is 0. The standard InChI is InChI=1S/C13H19F2NO/c1-3-16-11(7-8-17-2)9-10-5-4-6-12(14)13(10)15/h4-6,11,16H,3,7-9H2,1-2H3.